The highest BCUT2D eigenvalue weighted by atomic mass is 79.9. The summed E-state index contributed by atoms with van der Waals surface area (Å²) in [5, 5.41) is 3.67. The van der Waals surface area contributed by atoms with Crippen LogP contribution in [0.25, 0.3) is 0 Å². The van der Waals surface area contributed by atoms with Crippen LogP contribution in [0, 0.1) is 0 Å². The van der Waals surface area contributed by atoms with Gasteiger partial charge in [-0.05, 0) is 83.6 Å². The van der Waals surface area contributed by atoms with Gasteiger partial charge in [0.2, 0.25) is 5.91 Å². The molecule has 5 nitrogen and oxygen atoms in total. The first kappa shape index (κ1) is 29.7. The molecule has 3 aromatic rings. The number of rotatable bonds is 10. The van der Waals surface area contributed by atoms with Gasteiger partial charge in [0.25, 0.3) is 5.91 Å². The molecule has 1 atom stereocenters. The van der Waals surface area contributed by atoms with Gasteiger partial charge in [-0.15, -0.1) is 0 Å². The van der Waals surface area contributed by atoms with Crippen molar-refractivity contribution in [3.8, 4) is 5.75 Å². The Balaban J connectivity index is 1.92. The topological polar surface area (TPSA) is 58.6 Å². The standard InChI is InChI=1S/C31H36BrClN2O3/c1-21(2)24-13-16-28(26(32)18-24)38-20-29(36)35(19-23-11-14-25(33)15-12-23)27(30(37)34-31(3,4)5)17-22-9-7-6-8-10-22/h6-16,18,21,27H,17,19-20H2,1-5H3,(H,34,37). The van der Waals surface area contributed by atoms with Crippen molar-refractivity contribution in [1.82, 2.24) is 10.2 Å². The quantitative estimate of drug-likeness (QED) is 0.269. The van der Waals surface area contributed by atoms with E-state index in [1.165, 1.54) is 5.56 Å². The first-order valence-electron chi connectivity index (χ1n) is 12.7. The minimum atomic E-state index is -0.741. The molecule has 3 aromatic carbocycles. The first-order chi connectivity index (χ1) is 17.9. The van der Waals surface area contributed by atoms with Gasteiger partial charge in [0, 0.05) is 23.5 Å². The lowest BCUT2D eigenvalue weighted by atomic mass is 10.0. The number of nitrogens with zero attached hydrogens (tertiary/aromatic N) is 1. The van der Waals surface area contributed by atoms with Crippen LogP contribution < -0.4 is 10.1 Å². The molecule has 0 aliphatic heterocycles. The average molecular weight is 600 g/mol. The second-order valence-corrected chi connectivity index (χ2v) is 12.0. The third-order valence-corrected chi connectivity index (χ3v) is 6.88. The summed E-state index contributed by atoms with van der Waals surface area (Å²) in [5.41, 5.74) is 2.54. The van der Waals surface area contributed by atoms with E-state index in [2.05, 4.69) is 35.1 Å². The maximum atomic E-state index is 13.8. The van der Waals surface area contributed by atoms with E-state index in [1.54, 1.807) is 17.0 Å². The molecule has 0 fully saturated rings. The maximum absolute atomic E-state index is 13.8. The van der Waals surface area contributed by atoms with Crippen LogP contribution in [0.1, 0.15) is 57.2 Å². The second-order valence-electron chi connectivity index (χ2n) is 10.7. The van der Waals surface area contributed by atoms with Crippen LogP contribution in [-0.2, 0) is 22.6 Å². The fourth-order valence-corrected chi connectivity index (χ4v) is 4.65. The molecule has 3 rings (SSSR count). The van der Waals surface area contributed by atoms with Gasteiger partial charge in [-0.2, -0.15) is 0 Å². The maximum Gasteiger partial charge on any atom is 0.261 e. The highest BCUT2D eigenvalue weighted by Crippen LogP contribution is 2.29. The van der Waals surface area contributed by atoms with Gasteiger partial charge in [-0.25, -0.2) is 0 Å². The Hall–Kier alpha value is -2.83. The van der Waals surface area contributed by atoms with Crippen molar-refractivity contribution in [2.75, 3.05) is 6.61 Å². The molecule has 0 saturated carbocycles. The Labute approximate surface area is 239 Å². The van der Waals surface area contributed by atoms with Crippen LogP contribution in [0.5, 0.6) is 5.75 Å². The normalized spacial score (nSPS) is 12.2. The van der Waals surface area contributed by atoms with E-state index in [-0.39, 0.29) is 25.0 Å². The van der Waals surface area contributed by atoms with Crippen LogP contribution in [0.15, 0.2) is 77.3 Å². The Bertz CT molecular complexity index is 1220. The molecule has 0 aromatic heterocycles. The van der Waals surface area contributed by atoms with Gasteiger partial charge in [-0.3, -0.25) is 9.59 Å². The number of amides is 2. The van der Waals surface area contributed by atoms with Crippen molar-refractivity contribution < 1.29 is 14.3 Å². The monoisotopic (exact) mass is 598 g/mol. The number of ether oxygens (including phenoxy) is 1. The van der Waals surface area contributed by atoms with Gasteiger partial charge < -0.3 is 15.0 Å². The van der Waals surface area contributed by atoms with Crippen molar-refractivity contribution in [3.63, 3.8) is 0 Å². The molecule has 0 aliphatic carbocycles. The molecule has 0 saturated heterocycles. The largest absolute Gasteiger partial charge is 0.483 e. The number of hydrogen-bond donors (Lipinski definition) is 1. The fourth-order valence-electron chi connectivity index (χ4n) is 4.01. The zero-order valence-electron chi connectivity index (χ0n) is 22.6. The summed E-state index contributed by atoms with van der Waals surface area (Å²) in [6, 6.07) is 22.1. The molecular weight excluding hydrogens is 564 g/mol. The molecule has 0 aliphatic rings. The van der Waals surface area contributed by atoms with Crippen LogP contribution in [0.3, 0.4) is 0 Å². The summed E-state index contributed by atoms with van der Waals surface area (Å²) < 4.78 is 6.75. The second kappa shape index (κ2) is 13.3. The average Bonchev–Trinajstić information content (AvgIpc) is 2.85. The smallest absolute Gasteiger partial charge is 0.261 e. The molecule has 0 radical (unpaired) electrons. The van der Waals surface area contributed by atoms with E-state index in [0.29, 0.717) is 23.1 Å². The van der Waals surface area contributed by atoms with Crippen molar-refractivity contribution in [2.24, 2.45) is 0 Å². The number of halogens is 2. The van der Waals surface area contributed by atoms with E-state index in [4.69, 9.17) is 16.3 Å². The van der Waals surface area contributed by atoms with E-state index in [0.717, 1.165) is 15.6 Å². The summed E-state index contributed by atoms with van der Waals surface area (Å²) in [7, 11) is 0. The highest BCUT2D eigenvalue weighted by Gasteiger charge is 2.32. The molecule has 1 unspecified atom stereocenters. The van der Waals surface area contributed by atoms with Crippen LogP contribution >= 0.6 is 27.5 Å². The third-order valence-electron chi connectivity index (χ3n) is 6.01. The van der Waals surface area contributed by atoms with Gasteiger partial charge in [0.15, 0.2) is 6.61 Å². The zero-order valence-corrected chi connectivity index (χ0v) is 25.0. The minimum absolute atomic E-state index is 0.207. The summed E-state index contributed by atoms with van der Waals surface area (Å²) in [6.45, 7) is 10.1. The fraction of sp³-hybridized carbons (Fsp3) is 0.355. The predicted molar refractivity (Wildman–Crippen MR) is 158 cm³/mol. The SMILES string of the molecule is CC(C)c1ccc(OCC(=O)N(Cc2ccc(Cl)cc2)C(Cc2ccccc2)C(=O)NC(C)(C)C)c(Br)c1. The molecule has 202 valence electrons. The summed E-state index contributed by atoms with van der Waals surface area (Å²) >= 11 is 9.66. The van der Waals surface area contributed by atoms with Crippen molar-refractivity contribution in [1.29, 1.82) is 0 Å². The number of hydrogen-bond acceptors (Lipinski definition) is 3. The van der Waals surface area contributed by atoms with E-state index >= 15 is 0 Å². The zero-order chi connectivity index (χ0) is 27.9. The Morgan fingerprint density at radius 1 is 0.974 bits per heavy atom. The molecule has 38 heavy (non-hydrogen) atoms. The molecule has 0 bridgehead atoms. The Morgan fingerprint density at radius 2 is 1.63 bits per heavy atom. The molecule has 0 heterocycles. The van der Waals surface area contributed by atoms with Crippen molar-refractivity contribution >= 4 is 39.3 Å². The number of nitrogens with one attached hydrogen (secondary N) is 1. The predicted octanol–water partition coefficient (Wildman–Crippen LogP) is 7.16. The van der Waals surface area contributed by atoms with Gasteiger partial charge in [0.05, 0.1) is 4.47 Å². The molecule has 0 spiro atoms. The Morgan fingerprint density at radius 3 is 2.21 bits per heavy atom. The van der Waals surface area contributed by atoms with Crippen LogP contribution in [-0.4, -0.2) is 34.9 Å². The first-order valence-corrected chi connectivity index (χ1v) is 13.9. The lowest BCUT2D eigenvalue weighted by Gasteiger charge is -2.33. The van der Waals surface area contributed by atoms with Crippen molar-refractivity contribution in [3.05, 3.63) is 99.0 Å². The summed E-state index contributed by atoms with van der Waals surface area (Å²) in [5.74, 6) is 0.445. The van der Waals surface area contributed by atoms with E-state index in [1.807, 2.05) is 81.4 Å². The lowest BCUT2D eigenvalue weighted by molar-refractivity contribution is -0.143. The number of benzene rings is 3. The molecule has 1 N–H and O–H groups in total. The van der Waals surface area contributed by atoms with E-state index in [9.17, 15) is 9.59 Å². The molecule has 2 amide bonds. The summed E-state index contributed by atoms with van der Waals surface area (Å²) in [4.78, 5) is 29.0. The number of carbonyl (C=O) groups excluding carboxylic acids is 2. The summed E-state index contributed by atoms with van der Waals surface area (Å²) in [6.07, 6.45) is 0.370. The van der Waals surface area contributed by atoms with Gasteiger partial charge >= 0.3 is 0 Å². The Kier molecular flexibility index (Phi) is 10.4. The van der Waals surface area contributed by atoms with Crippen molar-refractivity contribution in [2.45, 2.75) is 65.1 Å². The molecular formula is C31H36BrClN2O3. The van der Waals surface area contributed by atoms with Crippen LogP contribution in [0.2, 0.25) is 5.02 Å². The third kappa shape index (κ3) is 8.88. The lowest BCUT2D eigenvalue weighted by Crippen LogP contribution is -2.55. The minimum Gasteiger partial charge on any atom is -0.483 e. The van der Waals surface area contributed by atoms with Crippen LogP contribution in [0.4, 0.5) is 0 Å². The molecule has 7 heteroatoms. The van der Waals surface area contributed by atoms with Gasteiger partial charge in [0.1, 0.15) is 11.8 Å². The van der Waals surface area contributed by atoms with Gasteiger partial charge in [-0.1, -0.05) is 74.0 Å². The number of carbonyl (C=O) groups is 2. The highest BCUT2D eigenvalue weighted by molar-refractivity contribution is 9.10. The van der Waals surface area contributed by atoms with E-state index < -0.39 is 11.6 Å².